The number of nitrogen functional groups attached to an aromatic ring is 1. The third-order valence-electron chi connectivity index (χ3n) is 2.67. The summed E-state index contributed by atoms with van der Waals surface area (Å²) in [5, 5.41) is 0.161. The topological polar surface area (TPSA) is 79.6 Å². The number of aromatic nitrogens is 3. The molecule has 90 valence electrons. The van der Waals surface area contributed by atoms with Crippen LogP contribution in [0, 0.1) is 0 Å². The Bertz CT molecular complexity index is 692. The lowest BCUT2D eigenvalue weighted by Crippen LogP contribution is -2.09. The molecule has 0 amide bonds. The molecule has 0 unspecified atom stereocenters. The van der Waals surface area contributed by atoms with Crippen LogP contribution in [0.2, 0.25) is 5.28 Å². The monoisotopic (exact) mass is 259 g/mol. The normalized spacial score (nSPS) is 10.8. The van der Waals surface area contributed by atoms with Crippen LogP contribution >= 0.6 is 11.6 Å². The molecule has 0 atom stereocenters. The van der Waals surface area contributed by atoms with Crippen molar-refractivity contribution < 1.29 is 0 Å². The van der Waals surface area contributed by atoms with Crippen LogP contribution in [-0.4, -0.2) is 15.0 Å². The van der Waals surface area contributed by atoms with Crippen LogP contribution in [0.3, 0.4) is 0 Å². The Morgan fingerprint density at radius 1 is 1.17 bits per heavy atom. The first kappa shape index (κ1) is 11.0. The van der Waals surface area contributed by atoms with E-state index in [1.165, 1.54) is 0 Å². The Hall–Kier alpha value is -2.11. The highest BCUT2D eigenvalue weighted by molar-refractivity contribution is 6.28. The number of H-pyrrole nitrogens is 1. The van der Waals surface area contributed by atoms with Crippen molar-refractivity contribution in [3.8, 4) is 11.3 Å². The van der Waals surface area contributed by atoms with Crippen molar-refractivity contribution in [3.05, 3.63) is 41.7 Å². The molecule has 2 heterocycles. The van der Waals surface area contributed by atoms with E-state index in [1.807, 2.05) is 36.4 Å². The number of anilines is 1. The fourth-order valence-corrected chi connectivity index (χ4v) is 2.04. The van der Waals surface area contributed by atoms with E-state index in [-0.39, 0.29) is 5.28 Å². The van der Waals surface area contributed by atoms with Gasteiger partial charge in [-0.2, -0.15) is 4.98 Å². The fourth-order valence-electron chi connectivity index (χ4n) is 1.86. The predicted octanol–water partition coefficient (Wildman–Crippen LogP) is 2.56. The van der Waals surface area contributed by atoms with Crippen molar-refractivity contribution in [1.29, 1.82) is 0 Å². The van der Waals surface area contributed by atoms with Crippen molar-refractivity contribution in [1.82, 2.24) is 15.0 Å². The largest absolute Gasteiger partial charge is 0.350 e. The molecule has 2 aromatic heterocycles. The molecule has 0 aliphatic carbocycles. The van der Waals surface area contributed by atoms with Crippen molar-refractivity contribution in [2.45, 2.75) is 0 Å². The van der Waals surface area contributed by atoms with E-state index in [1.54, 1.807) is 0 Å². The first-order chi connectivity index (χ1) is 8.78. The van der Waals surface area contributed by atoms with Gasteiger partial charge in [-0.1, -0.05) is 30.3 Å². The van der Waals surface area contributed by atoms with Crippen LogP contribution in [0.4, 0.5) is 5.82 Å². The third-order valence-corrected chi connectivity index (χ3v) is 2.84. The summed E-state index contributed by atoms with van der Waals surface area (Å²) in [6.45, 7) is 0. The molecule has 0 spiro atoms. The summed E-state index contributed by atoms with van der Waals surface area (Å²) < 4.78 is 0. The van der Waals surface area contributed by atoms with E-state index in [0.29, 0.717) is 5.82 Å². The molecule has 0 radical (unpaired) electrons. The summed E-state index contributed by atoms with van der Waals surface area (Å²) in [5.41, 5.74) is 5.98. The second-order valence-corrected chi connectivity index (χ2v) is 4.13. The molecule has 0 aliphatic heterocycles. The van der Waals surface area contributed by atoms with Crippen LogP contribution in [-0.2, 0) is 0 Å². The maximum absolute atomic E-state index is 5.83. The van der Waals surface area contributed by atoms with Gasteiger partial charge in [0.2, 0.25) is 5.28 Å². The SMILES string of the molecule is NNc1nc(Cl)nc2cc(-c3ccccc3)[nH]c12. The van der Waals surface area contributed by atoms with E-state index < -0.39 is 0 Å². The molecule has 1 aromatic carbocycles. The molecule has 3 rings (SSSR count). The Labute approximate surface area is 108 Å². The lowest BCUT2D eigenvalue weighted by molar-refractivity contribution is 1.18. The average molecular weight is 260 g/mol. The predicted molar refractivity (Wildman–Crippen MR) is 72.1 cm³/mol. The minimum Gasteiger partial charge on any atom is -0.350 e. The Kier molecular flexibility index (Phi) is 2.62. The lowest BCUT2D eigenvalue weighted by Gasteiger charge is -2.00. The zero-order valence-electron chi connectivity index (χ0n) is 9.31. The number of fused-ring (bicyclic) bond motifs is 1. The second-order valence-electron chi connectivity index (χ2n) is 3.79. The van der Waals surface area contributed by atoms with Gasteiger partial charge < -0.3 is 10.4 Å². The van der Waals surface area contributed by atoms with Crippen molar-refractivity contribution in [2.75, 3.05) is 5.43 Å². The zero-order chi connectivity index (χ0) is 12.5. The molecule has 4 N–H and O–H groups in total. The molecule has 18 heavy (non-hydrogen) atoms. The van der Waals surface area contributed by atoms with Gasteiger partial charge in [-0.25, -0.2) is 10.8 Å². The molecule has 5 nitrogen and oxygen atoms in total. The highest BCUT2D eigenvalue weighted by Gasteiger charge is 2.10. The number of hydrazine groups is 1. The first-order valence-electron chi connectivity index (χ1n) is 5.36. The van der Waals surface area contributed by atoms with Gasteiger partial charge in [-0.05, 0) is 23.2 Å². The van der Waals surface area contributed by atoms with E-state index in [9.17, 15) is 0 Å². The Balaban J connectivity index is 2.23. The minimum absolute atomic E-state index is 0.161. The van der Waals surface area contributed by atoms with E-state index in [0.717, 1.165) is 22.3 Å². The second kappa shape index (κ2) is 4.29. The Morgan fingerprint density at radius 2 is 1.94 bits per heavy atom. The number of benzene rings is 1. The summed E-state index contributed by atoms with van der Waals surface area (Å²) >= 11 is 5.83. The first-order valence-corrected chi connectivity index (χ1v) is 5.74. The van der Waals surface area contributed by atoms with Crippen molar-refractivity contribution in [3.63, 3.8) is 0 Å². The van der Waals surface area contributed by atoms with Crippen LogP contribution in [0.15, 0.2) is 36.4 Å². The number of nitrogens with zero attached hydrogens (tertiary/aromatic N) is 2. The standard InChI is InChI=1S/C12H10ClN5/c13-12-16-9-6-8(7-4-2-1-3-5-7)15-10(9)11(17-12)18-14/h1-6,15H,14H2,(H,16,17,18). The van der Waals surface area contributed by atoms with Crippen molar-refractivity contribution in [2.24, 2.45) is 5.84 Å². The summed E-state index contributed by atoms with van der Waals surface area (Å²) in [7, 11) is 0. The van der Waals surface area contributed by atoms with Gasteiger partial charge >= 0.3 is 0 Å². The molecule has 0 aliphatic rings. The molecular weight excluding hydrogens is 250 g/mol. The number of aromatic amines is 1. The summed E-state index contributed by atoms with van der Waals surface area (Å²) in [6, 6.07) is 11.8. The van der Waals surface area contributed by atoms with Gasteiger partial charge in [0.05, 0.1) is 5.52 Å². The minimum atomic E-state index is 0.161. The smallest absolute Gasteiger partial charge is 0.225 e. The zero-order valence-corrected chi connectivity index (χ0v) is 10.1. The van der Waals surface area contributed by atoms with E-state index in [4.69, 9.17) is 17.4 Å². The van der Waals surface area contributed by atoms with Crippen LogP contribution < -0.4 is 11.3 Å². The number of nitrogens with one attached hydrogen (secondary N) is 2. The Morgan fingerprint density at radius 3 is 2.67 bits per heavy atom. The molecular formula is C12H10ClN5. The maximum Gasteiger partial charge on any atom is 0.225 e. The van der Waals surface area contributed by atoms with Gasteiger partial charge in [0, 0.05) is 5.69 Å². The van der Waals surface area contributed by atoms with E-state index >= 15 is 0 Å². The summed E-state index contributed by atoms with van der Waals surface area (Å²) in [4.78, 5) is 11.4. The summed E-state index contributed by atoms with van der Waals surface area (Å²) in [5.74, 6) is 5.89. The van der Waals surface area contributed by atoms with Gasteiger partial charge in [0.25, 0.3) is 0 Å². The molecule has 3 aromatic rings. The van der Waals surface area contributed by atoms with Gasteiger partial charge in [-0.15, -0.1) is 0 Å². The highest BCUT2D eigenvalue weighted by Crippen LogP contribution is 2.27. The molecule has 6 heteroatoms. The number of nitrogens with two attached hydrogens (primary N) is 1. The van der Waals surface area contributed by atoms with Gasteiger partial charge in [-0.3, -0.25) is 0 Å². The fraction of sp³-hybridized carbons (Fsp3) is 0. The number of hydrogen-bond donors (Lipinski definition) is 3. The van der Waals surface area contributed by atoms with Crippen molar-refractivity contribution >= 4 is 28.5 Å². The number of hydrogen-bond acceptors (Lipinski definition) is 4. The number of rotatable bonds is 2. The van der Waals surface area contributed by atoms with Crippen LogP contribution in [0.1, 0.15) is 0 Å². The molecule has 0 saturated carbocycles. The number of halogens is 1. The molecule has 0 saturated heterocycles. The van der Waals surface area contributed by atoms with E-state index in [2.05, 4.69) is 20.4 Å². The van der Waals surface area contributed by atoms with Crippen LogP contribution in [0.25, 0.3) is 22.3 Å². The van der Waals surface area contributed by atoms with Gasteiger partial charge in [0.1, 0.15) is 5.52 Å². The maximum atomic E-state index is 5.83. The highest BCUT2D eigenvalue weighted by atomic mass is 35.5. The lowest BCUT2D eigenvalue weighted by atomic mass is 10.2. The van der Waals surface area contributed by atoms with Gasteiger partial charge in [0.15, 0.2) is 5.82 Å². The molecule has 0 bridgehead atoms. The average Bonchev–Trinajstić information content (AvgIpc) is 2.82. The third kappa shape index (κ3) is 1.79. The summed E-state index contributed by atoms with van der Waals surface area (Å²) in [6.07, 6.45) is 0. The quantitative estimate of drug-likeness (QED) is 0.375. The molecule has 0 fully saturated rings. The van der Waals surface area contributed by atoms with Crippen LogP contribution in [0.5, 0.6) is 0 Å².